The van der Waals surface area contributed by atoms with E-state index in [1.807, 2.05) is 41.3 Å². The summed E-state index contributed by atoms with van der Waals surface area (Å²) in [5.74, 6) is 0.281. The minimum atomic E-state index is 0.281. The Hall–Kier alpha value is -2.07. The SMILES string of the molecule is O=C(CCCC[n+]1ccccc1)N1CCN(c2cccc(Cl)c2)CC1. The Morgan fingerprint density at radius 3 is 2.48 bits per heavy atom. The average Bonchev–Trinajstić information content (AvgIpc) is 2.66. The molecule has 4 nitrogen and oxygen atoms in total. The lowest BCUT2D eigenvalue weighted by Crippen LogP contribution is -2.48. The predicted molar refractivity (Wildman–Crippen MR) is 101 cm³/mol. The Kier molecular flexibility index (Phi) is 6.29. The molecule has 5 heteroatoms. The number of hydrogen-bond donors (Lipinski definition) is 0. The van der Waals surface area contributed by atoms with Crippen molar-refractivity contribution < 1.29 is 9.36 Å². The van der Waals surface area contributed by atoms with Gasteiger partial charge in [0.2, 0.25) is 5.91 Å². The minimum absolute atomic E-state index is 0.281. The van der Waals surface area contributed by atoms with Gasteiger partial charge in [0, 0.05) is 61.9 Å². The number of anilines is 1. The van der Waals surface area contributed by atoms with Gasteiger partial charge in [-0.25, -0.2) is 4.57 Å². The zero-order valence-corrected chi connectivity index (χ0v) is 15.2. The number of halogens is 1. The first-order valence-electron chi connectivity index (χ1n) is 8.95. The Morgan fingerprint density at radius 2 is 1.76 bits per heavy atom. The number of aromatic nitrogens is 1. The Bertz CT molecular complexity index is 684. The van der Waals surface area contributed by atoms with Crippen molar-refractivity contribution >= 4 is 23.2 Å². The van der Waals surface area contributed by atoms with Crippen molar-refractivity contribution in [2.24, 2.45) is 0 Å². The third-order valence-electron chi connectivity index (χ3n) is 4.64. The first kappa shape index (κ1) is 17.7. The molecule has 1 saturated heterocycles. The van der Waals surface area contributed by atoms with Crippen molar-refractivity contribution in [3.8, 4) is 0 Å². The number of nitrogens with zero attached hydrogens (tertiary/aromatic N) is 3. The zero-order valence-electron chi connectivity index (χ0n) is 14.5. The third-order valence-corrected chi connectivity index (χ3v) is 4.88. The van der Waals surface area contributed by atoms with Crippen molar-refractivity contribution in [1.82, 2.24) is 4.90 Å². The summed E-state index contributed by atoms with van der Waals surface area (Å²) in [6, 6.07) is 14.0. The molecule has 132 valence electrons. The van der Waals surface area contributed by atoms with Crippen LogP contribution < -0.4 is 9.47 Å². The second-order valence-electron chi connectivity index (χ2n) is 6.42. The highest BCUT2D eigenvalue weighted by atomic mass is 35.5. The lowest BCUT2D eigenvalue weighted by atomic mass is 10.2. The standard InChI is InChI=1S/C20H25ClN3O/c21-18-7-6-8-19(17-18)23-13-15-24(16-14-23)20(25)9-2-5-12-22-10-3-1-4-11-22/h1,3-4,6-8,10-11,17H,2,5,9,12-16H2/q+1. The second-order valence-corrected chi connectivity index (χ2v) is 6.85. The number of hydrogen-bond acceptors (Lipinski definition) is 2. The molecule has 1 aromatic heterocycles. The van der Waals surface area contributed by atoms with Gasteiger partial charge in [-0.05, 0) is 24.6 Å². The van der Waals surface area contributed by atoms with Crippen LogP contribution in [0, 0.1) is 0 Å². The summed E-state index contributed by atoms with van der Waals surface area (Å²) < 4.78 is 2.16. The molecule has 0 bridgehead atoms. The summed E-state index contributed by atoms with van der Waals surface area (Å²) in [6.07, 6.45) is 6.75. The first-order valence-corrected chi connectivity index (χ1v) is 9.32. The largest absolute Gasteiger partial charge is 0.368 e. The molecule has 0 radical (unpaired) electrons. The molecule has 0 aliphatic carbocycles. The molecule has 0 unspecified atom stereocenters. The van der Waals surface area contributed by atoms with Gasteiger partial charge >= 0.3 is 0 Å². The molecule has 1 amide bonds. The van der Waals surface area contributed by atoms with E-state index in [-0.39, 0.29) is 5.91 Å². The van der Waals surface area contributed by atoms with Crippen molar-refractivity contribution in [2.45, 2.75) is 25.8 Å². The van der Waals surface area contributed by atoms with E-state index in [1.165, 1.54) is 0 Å². The Balaban J connectivity index is 1.38. The number of aryl methyl sites for hydroxylation is 1. The summed E-state index contributed by atoms with van der Waals surface area (Å²) in [4.78, 5) is 16.7. The highest BCUT2D eigenvalue weighted by Crippen LogP contribution is 2.21. The molecule has 0 atom stereocenters. The van der Waals surface area contributed by atoms with E-state index < -0.39 is 0 Å². The van der Waals surface area contributed by atoms with Gasteiger partial charge in [-0.3, -0.25) is 4.79 Å². The topological polar surface area (TPSA) is 27.4 Å². The monoisotopic (exact) mass is 358 g/mol. The summed E-state index contributed by atoms with van der Waals surface area (Å²) in [5, 5.41) is 0.757. The van der Waals surface area contributed by atoms with Gasteiger partial charge in [0.15, 0.2) is 12.4 Å². The molecule has 3 rings (SSSR count). The number of carbonyl (C=O) groups is 1. The van der Waals surface area contributed by atoms with Crippen LogP contribution in [0.25, 0.3) is 0 Å². The van der Waals surface area contributed by atoms with Crippen LogP contribution in [0.15, 0.2) is 54.9 Å². The lowest BCUT2D eigenvalue weighted by molar-refractivity contribution is -0.697. The quantitative estimate of drug-likeness (QED) is 0.586. The number of piperazine rings is 1. The van der Waals surface area contributed by atoms with Crippen molar-refractivity contribution in [1.29, 1.82) is 0 Å². The third kappa shape index (κ3) is 5.20. The van der Waals surface area contributed by atoms with Crippen LogP contribution >= 0.6 is 11.6 Å². The maximum Gasteiger partial charge on any atom is 0.222 e. The van der Waals surface area contributed by atoms with Crippen LogP contribution in [0.3, 0.4) is 0 Å². The Morgan fingerprint density at radius 1 is 1.00 bits per heavy atom. The smallest absolute Gasteiger partial charge is 0.222 e. The molecular formula is C20H25ClN3O+. The number of unbranched alkanes of at least 4 members (excludes halogenated alkanes) is 1. The second kappa shape index (κ2) is 8.86. The van der Waals surface area contributed by atoms with Gasteiger partial charge in [0.1, 0.15) is 6.54 Å². The number of benzene rings is 1. The normalized spacial score (nSPS) is 14.6. The van der Waals surface area contributed by atoms with E-state index in [0.29, 0.717) is 6.42 Å². The number of rotatable bonds is 6. The fourth-order valence-corrected chi connectivity index (χ4v) is 3.38. The van der Waals surface area contributed by atoms with Crippen LogP contribution in [0.2, 0.25) is 5.02 Å². The average molecular weight is 359 g/mol. The van der Waals surface area contributed by atoms with Crippen molar-refractivity contribution in [2.75, 3.05) is 31.1 Å². The Labute approximate surface area is 154 Å². The maximum absolute atomic E-state index is 12.4. The summed E-state index contributed by atoms with van der Waals surface area (Å²) >= 11 is 6.07. The lowest BCUT2D eigenvalue weighted by Gasteiger charge is -2.36. The van der Waals surface area contributed by atoms with Gasteiger partial charge in [-0.2, -0.15) is 0 Å². The number of carbonyl (C=O) groups excluding carboxylic acids is 1. The molecule has 0 spiro atoms. The molecular weight excluding hydrogens is 334 g/mol. The van der Waals surface area contributed by atoms with Crippen molar-refractivity contribution in [3.05, 3.63) is 59.9 Å². The maximum atomic E-state index is 12.4. The van der Waals surface area contributed by atoms with Gasteiger partial charge in [-0.1, -0.05) is 23.7 Å². The van der Waals surface area contributed by atoms with Gasteiger partial charge in [-0.15, -0.1) is 0 Å². The van der Waals surface area contributed by atoms with Crippen LogP contribution in [0.5, 0.6) is 0 Å². The highest BCUT2D eigenvalue weighted by molar-refractivity contribution is 6.30. The summed E-state index contributed by atoms with van der Waals surface area (Å²) in [6.45, 7) is 4.28. The molecule has 1 fully saturated rings. The van der Waals surface area contributed by atoms with E-state index in [4.69, 9.17) is 11.6 Å². The van der Waals surface area contributed by atoms with Crippen LogP contribution in [0.1, 0.15) is 19.3 Å². The van der Waals surface area contributed by atoms with E-state index in [1.54, 1.807) is 0 Å². The summed E-state index contributed by atoms with van der Waals surface area (Å²) in [7, 11) is 0. The number of pyridine rings is 1. The van der Waals surface area contributed by atoms with Crippen LogP contribution in [0.4, 0.5) is 5.69 Å². The molecule has 1 aromatic carbocycles. The fraction of sp³-hybridized carbons (Fsp3) is 0.400. The fourth-order valence-electron chi connectivity index (χ4n) is 3.20. The molecule has 2 heterocycles. The molecule has 0 N–H and O–H groups in total. The molecule has 1 aliphatic heterocycles. The molecule has 0 saturated carbocycles. The zero-order chi connectivity index (χ0) is 17.5. The van der Waals surface area contributed by atoms with Gasteiger partial charge in [0.05, 0.1) is 0 Å². The van der Waals surface area contributed by atoms with E-state index in [9.17, 15) is 4.79 Å². The first-order chi connectivity index (χ1) is 12.2. The van der Waals surface area contributed by atoms with Gasteiger partial charge in [0.25, 0.3) is 0 Å². The van der Waals surface area contributed by atoms with E-state index in [0.717, 1.165) is 56.3 Å². The van der Waals surface area contributed by atoms with Crippen LogP contribution in [-0.4, -0.2) is 37.0 Å². The highest BCUT2D eigenvalue weighted by Gasteiger charge is 2.21. The predicted octanol–water partition coefficient (Wildman–Crippen LogP) is 3.15. The molecule has 25 heavy (non-hydrogen) atoms. The van der Waals surface area contributed by atoms with Crippen LogP contribution in [-0.2, 0) is 11.3 Å². The summed E-state index contributed by atoms with van der Waals surface area (Å²) in [5.41, 5.74) is 1.14. The molecule has 2 aromatic rings. The minimum Gasteiger partial charge on any atom is -0.368 e. The van der Waals surface area contributed by atoms with Gasteiger partial charge < -0.3 is 9.80 Å². The van der Waals surface area contributed by atoms with E-state index >= 15 is 0 Å². The van der Waals surface area contributed by atoms with Crippen molar-refractivity contribution in [3.63, 3.8) is 0 Å². The molecule has 1 aliphatic rings. The van der Waals surface area contributed by atoms with E-state index in [2.05, 4.69) is 27.9 Å². The number of amides is 1.